The van der Waals surface area contributed by atoms with E-state index in [9.17, 15) is 9.59 Å². The molecular formula is C14H17BrN2O2. The van der Waals surface area contributed by atoms with Crippen molar-refractivity contribution in [1.29, 1.82) is 0 Å². The minimum atomic E-state index is 0.120. The lowest BCUT2D eigenvalue weighted by atomic mass is 9.95. The number of hydrogen-bond acceptors (Lipinski definition) is 3. The van der Waals surface area contributed by atoms with Gasteiger partial charge in [0.2, 0.25) is 5.91 Å². The third kappa shape index (κ3) is 3.15. The lowest BCUT2D eigenvalue weighted by Gasteiger charge is -2.33. The number of rotatable bonds is 3. The summed E-state index contributed by atoms with van der Waals surface area (Å²) in [5, 5.41) is 2.71. The zero-order valence-electron chi connectivity index (χ0n) is 10.9. The highest BCUT2D eigenvalue weighted by molar-refractivity contribution is 9.10. The maximum Gasteiger partial charge on any atom is 0.222 e. The van der Waals surface area contributed by atoms with Gasteiger partial charge in [-0.15, -0.1) is 0 Å². The van der Waals surface area contributed by atoms with Crippen LogP contribution in [0, 0.1) is 5.92 Å². The molecule has 1 heterocycles. The molecule has 1 aliphatic heterocycles. The maximum atomic E-state index is 11.6. The van der Waals surface area contributed by atoms with Crippen molar-refractivity contribution in [1.82, 2.24) is 5.32 Å². The monoisotopic (exact) mass is 324 g/mol. The molecule has 1 aromatic carbocycles. The Bertz CT molecular complexity index is 482. The Hall–Kier alpha value is -1.36. The number of nitrogens with one attached hydrogen (secondary N) is 1. The van der Waals surface area contributed by atoms with E-state index in [4.69, 9.17) is 0 Å². The second-order valence-electron chi connectivity index (χ2n) is 4.70. The van der Waals surface area contributed by atoms with Gasteiger partial charge in [0.15, 0.2) is 0 Å². The van der Waals surface area contributed by atoms with Crippen LogP contribution in [0.2, 0.25) is 0 Å². The van der Waals surface area contributed by atoms with Gasteiger partial charge >= 0.3 is 0 Å². The maximum absolute atomic E-state index is 11.6. The molecule has 1 N–H and O–H groups in total. The van der Waals surface area contributed by atoms with Gasteiger partial charge in [0.05, 0.1) is 5.69 Å². The molecule has 1 aromatic rings. The van der Waals surface area contributed by atoms with Gasteiger partial charge in [-0.3, -0.25) is 9.59 Å². The van der Waals surface area contributed by atoms with Crippen molar-refractivity contribution < 1.29 is 9.59 Å². The molecule has 0 aromatic heterocycles. The molecule has 0 spiro atoms. The lowest BCUT2D eigenvalue weighted by molar-refractivity contribution is -0.125. The summed E-state index contributed by atoms with van der Waals surface area (Å²) >= 11 is 3.50. The van der Waals surface area contributed by atoms with Crippen LogP contribution in [0.5, 0.6) is 0 Å². The molecule has 1 aliphatic rings. The smallest absolute Gasteiger partial charge is 0.222 e. The van der Waals surface area contributed by atoms with Crippen molar-refractivity contribution in [2.45, 2.75) is 12.8 Å². The van der Waals surface area contributed by atoms with Crippen molar-refractivity contribution in [3.8, 4) is 0 Å². The molecule has 5 heteroatoms. The quantitative estimate of drug-likeness (QED) is 0.867. The van der Waals surface area contributed by atoms with Gasteiger partial charge in [-0.25, -0.2) is 0 Å². The van der Waals surface area contributed by atoms with E-state index in [0.717, 1.165) is 42.4 Å². The SMILES string of the molecule is CNC(=O)C1CCN(c2ccc(C=O)cc2Br)CC1. The molecule has 0 bridgehead atoms. The van der Waals surface area contributed by atoms with Crippen molar-refractivity contribution >= 4 is 33.8 Å². The summed E-state index contributed by atoms with van der Waals surface area (Å²) in [6.07, 6.45) is 2.56. The number of nitrogens with zero attached hydrogens (tertiary/aromatic N) is 1. The Morgan fingerprint density at radius 1 is 1.42 bits per heavy atom. The van der Waals surface area contributed by atoms with Crippen LogP contribution in [0.3, 0.4) is 0 Å². The van der Waals surface area contributed by atoms with Gasteiger partial charge in [0, 0.05) is 36.1 Å². The minimum Gasteiger partial charge on any atom is -0.371 e. The molecule has 0 saturated carbocycles. The molecule has 2 rings (SSSR count). The first-order valence-corrected chi connectivity index (χ1v) is 7.16. The first-order valence-electron chi connectivity index (χ1n) is 6.37. The molecule has 1 amide bonds. The minimum absolute atomic E-state index is 0.120. The number of carbonyl (C=O) groups excluding carboxylic acids is 2. The van der Waals surface area contributed by atoms with Crippen LogP contribution in [0.1, 0.15) is 23.2 Å². The molecule has 0 atom stereocenters. The van der Waals surface area contributed by atoms with Gasteiger partial charge in [-0.1, -0.05) is 0 Å². The summed E-state index contributed by atoms with van der Waals surface area (Å²) in [6, 6.07) is 5.60. The largest absolute Gasteiger partial charge is 0.371 e. The number of amides is 1. The Morgan fingerprint density at radius 2 is 2.11 bits per heavy atom. The summed E-state index contributed by atoms with van der Waals surface area (Å²) in [6.45, 7) is 1.72. The second-order valence-corrected chi connectivity index (χ2v) is 5.56. The molecule has 19 heavy (non-hydrogen) atoms. The number of carbonyl (C=O) groups is 2. The normalized spacial score (nSPS) is 16.2. The topological polar surface area (TPSA) is 49.4 Å². The van der Waals surface area contributed by atoms with Gasteiger partial charge in [-0.05, 0) is 47.0 Å². The van der Waals surface area contributed by atoms with Crippen LogP contribution in [0.25, 0.3) is 0 Å². The van der Waals surface area contributed by atoms with E-state index in [1.807, 2.05) is 18.2 Å². The van der Waals surface area contributed by atoms with Crippen LogP contribution >= 0.6 is 15.9 Å². The first kappa shape index (κ1) is 14.1. The highest BCUT2D eigenvalue weighted by Gasteiger charge is 2.25. The summed E-state index contributed by atoms with van der Waals surface area (Å²) < 4.78 is 0.926. The van der Waals surface area contributed by atoms with E-state index in [1.54, 1.807) is 7.05 Å². The van der Waals surface area contributed by atoms with Crippen molar-refractivity contribution in [2.24, 2.45) is 5.92 Å². The molecule has 4 nitrogen and oxygen atoms in total. The van der Waals surface area contributed by atoms with E-state index >= 15 is 0 Å². The fourth-order valence-electron chi connectivity index (χ4n) is 2.44. The highest BCUT2D eigenvalue weighted by atomic mass is 79.9. The number of anilines is 1. The average Bonchev–Trinajstić information content (AvgIpc) is 2.46. The van der Waals surface area contributed by atoms with E-state index in [-0.39, 0.29) is 11.8 Å². The van der Waals surface area contributed by atoms with Crippen LogP contribution in [0.15, 0.2) is 22.7 Å². The first-order chi connectivity index (χ1) is 9.15. The van der Waals surface area contributed by atoms with Crippen molar-refractivity contribution in [3.63, 3.8) is 0 Å². The third-order valence-corrected chi connectivity index (χ3v) is 4.20. The Balaban J connectivity index is 2.05. The van der Waals surface area contributed by atoms with Gasteiger partial charge in [0.25, 0.3) is 0 Å². The fourth-order valence-corrected chi connectivity index (χ4v) is 3.09. The molecule has 0 unspecified atom stereocenters. The summed E-state index contributed by atoms with van der Waals surface area (Å²) in [7, 11) is 1.68. The molecule has 1 fully saturated rings. The number of hydrogen-bond donors (Lipinski definition) is 1. The number of aldehydes is 1. The van der Waals surface area contributed by atoms with Crippen LogP contribution in [-0.2, 0) is 4.79 Å². The van der Waals surface area contributed by atoms with E-state index in [2.05, 4.69) is 26.1 Å². The average molecular weight is 325 g/mol. The number of halogens is 1. The molecule has 0 aliphatic carbocycles. The number of benzene rings is 1. The van der Waals surface area contributed by atoms with Crippen molar-refractivity contribution in [3.05, 3.63) is 28.2 Å². The Morgan fingerprint density at radius 3 is 2.63 bits per heavy atom. The molecule has 1 saturated heterocycles. The Kier molecular flexibility index (Phi) is 4.58. The summed E-state index contributed by atoms with van der Waals surface area (Å²) in [5.41, 5.74) is 1.75. The van der Waals surface area contributed by atoms with Crippen LogP contribution in [-0.4, -0.2) is 32.3 Å². The number of piperidine rings is 1. The Labute approximate surface area is 121 Å². The molecule has 0 radical (unpaired) electrons. The zero-order valence-corrected chi connectivity index (χ0v) is 12.4. The fraction of sp³-hybridized carbons (Fsp3) is 0.429. The van der Waals surface area contributed by atoms with E-state index < -0.39 is 0 Å². The predicted octanol–water partition coefficient (Wildman–Crippen LogP) is 2.22. The second kappa shape index (κ2) is 6.19. The zero-order chi connectivity index (χ0) is 13.8. The summed E-state index contributed by atoms with van der Waals surface area (Å²) in [5.74, 6) is 0.254. The highest BCUT2D eigenvalue weighted by Crippen LogP contribution is 2.30. The molecular weight excluding hydrogens is 308 g/mol. The molecule has 102 valence electrons. The summed E-state index contributed by atoms with van der Waals surface area (Å²) in [4.78, 5) is 24.5. The standard InChI is InChI=1S/C14H17BrN2O2/c1-16-14(19)11-4-6-17(7-5-11)13-3-2-10(9-18)8-12(13)15/h2-3,8-9,11H,4-7H2,1H3,(H,16,19). The van der Waals surface area contributed by atoms with Gasteiger partial charge < -0.3 is 10.2 Å². The third-order valence-electron chi connectivity index (χ3n) is 3.56. The predicted molar refractivity (Wildman–Crippen MR) is 78.5 cm³/mol. The van der Waals surface area contributed by atoms with Crippen molar-refractivity contribution in [2.75, 3.05) is 25.0 Å². The van der Waals surface area contributed by atoms with E-state index in [0.29, 0.717) is 5.56 Å². The van der Waals surface area contributed by atoms with Gasteiger partial charge in [-0.2, -0.15) is 0 Å². The van der Waals surface area contributed by atoms with Crippen LogP contribution < -0.4 is 10.2 Å². The van der Waals surface area contributed by atoms with E-state index in [1.165, 1.54) is 0 Å². The van der Waals surface area contributed by atoms with Crippen LogP contribution in [0.4, 0.5) is 5.69 Å². The lowest BCUT2D eigenvalue weighted by Crippen LogP contribution is -2.39. The van der Waals surface area contributed by atoms with Gasteiger partial charge in [0.1, 0.15) is 6.29 Å².